The van der Waals surface area contributed by atoms with E-state index in [1.165, 1.54) is 18.2 Å². The highest BCUT2D eigenvalue weighted by molar-refractivity contribution is 8.18. The summed E-state index contributed by atoms with van der Waals surface area (Å²) in [7, 11) is 0. The molecule has 2 aliphatic rings. The summed E-state index contributed by atoms with van der Waals surface area (Å²) in [5.41, 5.74) is 2.44. The minimum absolute atomic E-state index is 0.196. The Morgan fingerprint density at radius 2 is 1.88 bits per heavy atom. The molecular formula is C19H19ClN4OS. The summed E-state index contributed by atoms with van der Waals surface area (Å²) in [4.78, 5) is 19.4. The molecule has 3 heterocycles. The van der Waals surface area contributed by atoms with Crippen molar-refractivity contribution >= 4 is 40.5 Å². The van der Waals surface area contributed by atoms with Crippen LogP contribution in [0.1, 0.15) is 30.5 Å². The number of nitrogens with zero attached hydrogens (tertiary/aromatic N) is 4. The Bertz CT molecular complexity index is 898. The summed E-state index contributed by atoms with van der Waals surface area (Å²) in [6.45, 7) is 3.84. The first-order valence-corrected chi connectivity index (χ1v) is 9.91. The van der Waals surface area contributed by atoms with Crippen molar-refractivity contribution in [1.29, 1.82) is 0 Å². The van der Waals surface area contributed by atoms with Crippen molar-refractivity contribution in [2.24, 2.45) is 4.99 Å². The molecule has 0 N–H and O–H groups in total. The number of para-hydroxylation sites is 1. The van der Waals surface area contributed by atoms with Gasteiger partial charge in [-0.25, -0.2) is 4.68 Å². The number of likely N-dealkylation sites (tertiary alicyclic amines) is 1. The Morgan fingerprint density at radius 3 is 2.62 bits per heavy atom. The highest BCUT2D eigenvalue weighted by atomic mass is 35.5. The fourth-order valence-electron chi connectivity index (χ4n) is 3.16. The van der Waals surface area contributed by atoms with E-state index in [9.17, 15) is 4.79 Å². The van der Waals surface area contributed by atoms with Crippen molar-refractivity contribution in [3.8, 4) is 5.69 Å². The van der Waals surface area contributed by atoms with Gasteiger partial charge in [0.1, 0.15) is 5.15 Å². The zero-order valence-corrected chi connectivity index (χ0v) is 16.1. The predicted octanol–water partition coefficient (Wildman–Crippen LogP) is 4.29. The number of aryl methyl sites for hydroxylation is 1. The maximum Gasteiger partial charge on any atom is 0.286 e. The highest BCUT2D eigenvalue weighted by Gasteiger charge is 2.28. The summed E-state index contributed by atoms with van der Waals surface area (Å²) < 4.78 is 1.69. The topological polar surface area (TPSA) is 50.5 Å². The van der Waals surface area contributed by atoms with E-state index in [1.54, 1.807) is 4.68 Å². The van der Waals surface area contributed by atoms with Crippen molar-refractivity contribution in [2.75, 3.05) is 13.1 Å². The third kappa shape index (κ3) is 3.31. The SMILES string of the molecule is Cc1nn(-c2ccccc2)c(Cl)c1/C=C1/SC(N2CCCCC2)=NC1=O. The van der Waals surface area contributed by atoms with Crippen LogP contribution < -0.4 is 0 Å². The molecule has 1 aromatic heterocycles. The van der Waals surface area contributed by atoms with E-state index in [-0.39, 0.29) is 5.91 Å². The Morgan fingerprint density at radius 1 is 1.15 bits per heavy atom. The molecule has 4 rings (SSSR count). The van der Waals surface area contributed by atoms with Crippen LogP contribution in [0.5, 0.6) is 0 Å². The van der Waals surface area contributed by atoms with Crippen molar-refractivity contribution in [2.45, 2.75) is 26.2 Å². The van der Waals surface area contributed by atoms with E-state index in [0.717, 1.165) is 48.0 Å². The predicted molar refractivity (Wildman–Crippen MR) is 107 cm³/mol. The van der Waals surface area contributed by atoms with Gasteiger partial charge < -0.3 is 4.90 Å². The first kappa shape index (κ1) is 17.4. The van der Waals surface area contributed by atoms with Gasteiger partial charge in [0.2, 0.25) is 0 Å². The number of rotatable bonds is 2. The van der Waals surface area contributed by atoms with Gasteiger partial charge in [-0.15, -0.1) is 0 Å². The maximum absolute atomic E-state index is 12.4. The van der Waals surface area contributed by atoms with Crippen LogP contribution in [-0.2, 0) is 4.79 Å². The van der Waals surface area contributed by atoms with Gasteiger partial charge in [-0.3, -0.25) is 4.79 Å². The molecule has 0 bridgehead atoms. The first-order valence-electron chi connectivity index (χ1n) is 8.71. The summed E-state index contributed by atoms with van der Waals surface area (Å²) in [5.74, 6) is -0.196. The lowest BCUT2D eigenvalue weighted by Crippen LogP contribution is -2.33. The number of amides is 1. The van der Waals surface area contributed by atoms with Gasteiger partial charge in [-0.1, -0.05) is 29.8 Å². The van der Waals surface area contributed by atoms with Gasteiger partial charge in [-0.05, 0) is 56.2 Å². The van der Waals surface area contributed by atoms with E-state index in [2.05, 4.69) is 15.0 Å². The average Bonchev–Trinajstić information content (AvgIpc) is 3.18. The molecule has 0 spiro atoms. The number of hydrogen-bond acceptors (Lipinski definition) is 4. The quantitative estimate of drug-likeness (QED) is 0.722. The largest absolute Gasteiger partial charge is 0.351 e. The van der Waals surface area contributed by atoms with Crippen LogP contribution in [0.25, 0.3) is 11.8 Å². The van der Waals surface area contributed by atoms with Gasteiger partial charge in [-0.2, -0.15) is 10.1 Å². The molecule has 134 valence electrons. The Hall–Kier alpha value is -2.05. The Balaban J connectivity index is 1.61. The minimum atomic E-state index is -0.196. The van der Waals surface area contributed by atoms with Crippen LogP contribution >= 0.6 is 23.4 Å². The molecule has 0 aliphatic carbocycles. The molecular weight excluding hydrogens is 368 g/mol. The number of thioether (sulfide) groups is 1. The van der Waals surface area contributed by atoms with Crippen LogP contribution in [0.4, 0.5) is 0 Å². The van der Waals surface area contributed by atoms with Crippen molar-refractivity contribution < 1.29 is 4.79 Å². The molecule has 7 heteroatoms. The second kappa shape index (κ2) is 7.29. The number of benzene rings is 1. The molecule has 0 unspecified atom stereocenters. The molecule has 1 saturated heterocycles. The van der Waals surface area contributed by atoms with Crippen LogP contribution in [0, 0.1) is 6.92 Å². The van der Waals surface area contributed by atoms with Gasteiger partial charge in [0, 0.05) is 18.7 Å². The number of carbonyl (C=O) groups excluding carboxylic acids is 1. The number of piperidine rings is 1. The fraction of sp³-hybridized carbons (Fsp3) is 0.316. The number of halogens is 1. The summed E-state index contributed by atoms with van der Waals surface area (Å²) >= 11 is 8.00. The molecule has 0 radical (unpaired) electrons. The number of aromatic nitrogens is 2. The van der Waals surface area contributed by atoms with E-state index in [1.807, 2.05) is 43.3 Å². The lowest BCUT2D eigenvalue weighted by molar-refractivity contribution is -0.113. The van der Waals surface area contributed by atoms with Crippen molar-refractivity contribution in [3.63, 3.8) is 0 Å². The first-order chi connectivity index (χ1) is 12.6. The summed E-state index contributed by atoms with van der Waals surface area (Å²) in [5, 5.41) is 5.84. The second-order valence-electron chi connectivity index (χ2n) is 6.40. The molecule has 26 heavy (non-hydrogen) atoms. The normalized spacial score (nSPS) is 19.3. The van der Waals surface area contributed by atoms with Crippen LogP contribution in [0.15, 0.2) is 40.2 Å². The maximum atomic E-state index is 12.4. The number of amidine groups is 1. The molecule has 2 aromatic rings. The molecule has 1 aromatic carbocycles. The van der Waals surface area contributed by atoms with Crippen LogP contribution in [0.3, 0.4) is 0 Å². The number of carbonyl (C=O) groups is 1. The fourth-order valence-corrected chi connectivity index (χ4v) is 4.44. The van der Waals surface area contributed by atoms with Crippen LogP contribution in [0.2, 0.25) is 5.15 Å². The molecule has 1 amide bonds. The minimum Gasteiger partial charge on any atom is -0.351 e. The molecule has 0 saturated carbocycles. The summed E-state index contributed by atoms with van der Waals surface area (Å²) in [6, 6.07) is 9.72. The van der Waals surface area contributed by atoms with Gasteiger partial charge in [0.05, 0.1) is 16.3 Å². The van der Waals surface area contributed by atoms with E-state index < -0.39 is 0 Å². The third-order valence-corrected chi connectivity index (χ3v) is 5.97. The zero-order valence-electron chi connectivity index (χ0n) is 14.5. The second-order valence-corrected chi connectivity index (χ2v) is 7.76. The number of aliphatic imine (C=N–C) groups is 1. The number of hydrogen-bond donors (Lipinski definition) is 0. The molecule has 0 atom stereocenters. The average molecular weight is 387 g/mol. The lowest BCUT2D eigenvalue weighted by atomic mass is 10.1. The summed E-state index contributed by atoms with van der Waals surface area (Å²) in [6.07, 6.45) is 5.37. The van der Waals surface area contributed by atoms with Gasteiger partial charge >= 0.3 is 0 Å². The smallest absolute Gasteiger partial charge is 0.286 e. The van der Waals surface area contributed by atoms with E-state index >= 15 is 0 Å². The van der Waals surface area contributed by atoms with Gasteiger partial charge in [0.25, 0.3) is 5.91 Å². The third-order valence-electron chi connectivity index (χ3n) is 4.56. The zero-order chi connectivity index (χ0) is 18.1. The molecule has 1 fully saturated rings. The van der Waals surface area contributed by atoms with Crippen molar-refractivity contribution in [3.05, 3.63) is 51.6 Å². The van der Waals surface area contributed by atoms with Crippen molar-refractivity contribution in [1.82, 2.24) is 14.7 Å². The molecule has 2 aliphatic heterocycles. The van der Waals surface area contributed by atoms with E-state index in [0.29, 0.717) is 10.1 Å². The van der Waals surface area contributed by atoms with Crippen LogP contribution in [-0.4, -0.2) is 38.8 Å². The molecule has 5 nitrogen and oxygen atoms in total. The standard InChI is InChI=1S/C19H19ClN4OS/c1-13-15(17(20)24(22-13)14-8-4-2-5-9-14)12-16-18(25)21-19(26-16)23-10-6-3-7-11-23/h2,4-5,8-9,12H,3,6-7,10-11H2,1H3/b16-12+. The highest BCUT2D eigenvalue weighted by Crippen LogP contribution is 2.34. The van der Waals surface area contributed by atoms with Gasteiger partial charge in [0.15, 0.2) is 5.17 Å². The Kier molecular flexibility index (Phi) is 4.87. The lowest BCUT2D eigenvalue weighted by Gasteiger charge is -2.27. The monoisotopic (exact) mass is 386 g/mol. The Labute approximate surface area is 161 Å². The van der Waals surface area contributed by atoms with E-state index in [4.69, 9.17) is 11.6 Å².